The summed E-state index contributed by atoms with van der Waals surface area (Å²) in [6, 6.07) is 1.49. The number of nitrogens with zero attached hydrogens (tertiary/aromatic N) is 3. The highest BCUT2D eigenvalue weighted by atomic mass is 32.1. The van der Waals surface area contributed by atoms with Crippen molar-refractivity contribution >= 4 is 22.0 Å². The molecule has 2 heterocycles. The van der Waals surface area contributed by atoms with E-state index in [0.717, 1.165) is 10.6 Å². The molecule has 16 heavy (non-hydrogen) atoms. The second-order valence-electron chi connectivity index (χ2n) is 3.56. The van der Waals surface area contributed by atoms with Crippen molar-refractivity contribution in [2.45, 2.75) is 20.8 Å². The molecule has 2 aromatic rings. The molecule has 5 nitrogen and oxygen atoms in total. The van der Waals surface area contributed by atoms with Crippen molar-refractivity contribution in [2.75, 3.05) is 0 Å². The van der Waals surface area contributed by atoms with Gasteiger partial charge < -0.3 is 5.21 Å². The third kappa shape index (κ3) is 1.51. The Balaban J connectivity index is 2.89. The Kier molecular flexibility index (Phi) is 2.51. The quantitative estimate of drug-likeness (QED) is 0.465. The van der Waals surface area contributed by atoms with Gasteiger partial charge in [-0.15, -0.1) is 0 Å². The lowest BCUT2D eigenvalue weighted by Gasteiger charge is -1.96. The Morgan fingerprint density at radius 1 is 1.56 bits per heavy atom. The van der Waals surface area contributed by atoms with Gasteiger partial charge in [0.05, 0.1) is 10.6 Å². The van der Waals surface area contributed by atoms with Crippen LogP contribution in [0.3, 0.4) is 0 Å². The van der Waals surface area contributed by atoms with Crippen molar-refractivity contribution in [2.24, 2.45) is 5.16 Å². The van der Waals surface area contributed by atoms with Crippen LogP contribution >= 0.6 is 11.3 Å². The Bertz CT molecular complexity index is 639. The van der Waals surface area contributed by atoms with E-state index in [9.17, 15) is 4.79 Å². The van der Waals surface area contributed by atoms with Gasteiger partial charge in [-0.3, -0.25) is 9.20 Å². The van der Waals surface area contributed by atoms with Crippen LogP contribution in [0.2, 0.25) is 0 Å². The fourth-order valence-electron chi connectivity index (χ4n) is 1.60. The van der Waals surface area contributed by atoms with Crippen LogP contribution < -0.4 is 5.56 Å². The molecule has 0 aliphatic heterocycles. The van der Waals surface area contributed by atoms with Crippen LogP contribution in [0.15, 0.2) is 16.0 Å². The molecule has 0 bridgehead atoms. The van der Waals surface area contributed by atoms with Gasteiger partial charge in [0.25, 0.3) is 5.56 Å². The molecule has 0 atom stereocenters. The third-order valence-electron chi connectivity index (χ3n) is 2.35. The van der Waals surface area contributed by atoms with Gasteiger partial charge in [0, 0.05) is 17.5 Å². The van der Waals surface area contributed by atoms with E-state index in [4.69, 9.17) is 5.21 Å². The molecule has 0 aromatic carbocycles. The van der Waals surface area contributed by atoms with Crippen LogP contribution in [0.5, 0.6) is 0 Å². The summed E-state index contributed by atoms with van der Waals surface area (Å²) in [6.45, 7) is 5.28. The minimum absolute atomic E-state index is 0.103. The topological polar surface area (TPSA) is 67.0 Å². The average molecular weight is 237 g/mol. The minimum atomic E-state index is -0.103. The summed E-state index contributed by atoms with van der Waals surface area (Å²) in [6.07, 6.45) is 0. The van der Waals surface area contributed by atoms with Crippen LogP contribution in [0.1, 0.15) is 23.2 Å². The number of hydrogen-bond donors (Lipinski definition) is 1. The maximum absolute atomic E-state index is 11.8. The van der Waals surface area contributed by atoms with Crippen molar-refractivity contribution < 1.29 is 5.21 Å². The number of fused-ring (bicyclic) bond motifs is 1. The zero-order valence-corrected chi connectivity index (χ0v) is 10.00. The molecule has 0 aliphatic carbocycles. The lowest BCUT2D eigenvalue weighted by Crippen LogP contribution is -2.14. The van der Waals surface area contributed by atoms with Gasteiger partial charge in [0.15, 0.2) is 4.96 Å². The van der Waals surface area contributed by atoms with E-state index in [1.807, 2.05) is 6.92 Å². The van der Waals surface area contributed by atoms with Crippen LogP contribution in [0.25, 0.3) is 4.96 Å². The second-order valence-corrected chi connectivity index (χ2v) is 4.53. The monoisotopic (exact) mass is 237 g/mol. The first-order valence-electron chi connectivity index (χ1n) is 4.73. The molecule has 0 amide bonds. The summed E-state index contributed by atoms with van der Waals surface area (Å²) in [4.78, 5) is 17.5. The zero-order chi connectivity index (χ0) is 11.9. The molecule has 0 aliphatic rings. The highest BCUT2D eigenvalue weighted by Gasteiger charge is 2.13. The minimum Gasteiger partial charge on any atom is -0.411 e. The van der Waals surface area contributed by atoms with Crippen molar-refractivity contribution in [1.82, 2.24) is 9.38 Å². The number of rotatable bonds is 1. The van der Waals surface area contributed by atoms with Crippen molar-refractivity contribution in [3.05, 3.63) is 32.7 Å². The first-order chi connectivity index (χ1) is 7.54. The smallest absolute Gasteiger partial charge is 0.258 e. The van der Waals surface area contributed by atoms with Crippen molar-refractivity contribution in [3.8, 4) is 0 Å². The standard InChI is InChI=1S/C10H11N3O2S/c1-5-4-8(14)13-7(3)9(6(2)12-15)16-10(13)11-5/h4,15H,1-3H3. The first-order valence-corrected chi connectivity index (χ1v) is 5.55. The predicted octanol–water partition coefficient (Wildman–Crippen LogP) is 1.57. The van der Waals surface area contributed by atoms with Gasteiger partial charge in [-0.25, -0.2) is 4.98 Å². The van der Waals surface area contributed by atoms with Gasteiger partial charge in [0.1, 0.15) is 0 Å². The molecule has 84 valence electrons. The molecule has 2 rings (SSSR count). The van der Waals surface area contributed by atoms with E-state index in [1.54, 1.807) is 13.8 Å². The van der Waals surface area contributed by atoms with Gasteiger partial charge in [0.2, 0.25) is 0 Å². The lowest BCUT2D eigenvalue weighted by molar-refractivity contribution is 0.319. The molecule has 0 radical (unpaired) electrons. The fourth-order valence-corrected chi connectivity index (χ4v) is 2.71. The molecular formula is C10H11N3O2S. The summed E-state index contributed by atoms with van der Waals surface area (Å²) in [7, 11) is 0. The number of hydrogen-bond acceptors (Lipinski definition) is 5. The fraction of sp³-hybridized carbons (Fsp3) is 0.300. The van der Waals surface area contributed by atoms with Gasteiger partial charge in [-0.1, -0.05) is 16.5 Å². The first kappa shape index (κ1) is 10.8. The number of aryl methyl sites for hydroxylation is 2. The summed E-state index contributed by atoms with van der Waals surface area (Å²) in [5, 5.41) is 11.9. The van der Waals surface area contributed by atoms with Crippen molar-refractivity contribution in [1.29, 1.82) is 0 Å². The van der Waals surface area contributed by atoms with E-state index < -0.39 is 0 Å². The Morgan fingerprint density at radius 3 is 2.88 bits per heavy atom. The van der Waals surface area contributed by atoms with Gasteiger partial charge in [-0.2, -0.15) is 0 Å². The second kappa shape index (κ2) is 3.71. The molecule has 0 spiro atoms. The molecule has 0 saturated heterocycles. The Labute approximate surface area is 95.7 Å². The van der Waals surface area contributed by atoms with E-state index >= 15 is 0 Å². The highest BCUT2D eigenvalue weighted by Crippen LogP contribution is 2.20. The number of oxime groups is 1. The molecular weight excluding hydrogens is 226 g/mol. The SMILES string of the molecule is CC(=NO)c1sc2nc(C)cc(=O)n2c1C. The average Bonchev–Trinajstić information content (AvgIpc) is 2.54. The van der Waals surface area contributed by atoms with Crippen LogP contribution in [-0.2, 0) is 0 Å². The molecule has 0 unspecified atom stereocenters. The van der Waals surface area contributed by atoms with Crippen LogP contribution in [-0.4, -0.2) is 20.3 Å². The summed E-state index contributed by atoms with van der Waals surface area (Å²) in [5.41, 5.74) is 1.84. The molecule has 0 fully saturated rings. The van der Waals surface area contributed by atoms with Crippen molar-refractivity contribution in [3.63, 3.8) is 0 Å². The largest absolute Gasteiger partial charge is 0.411 e. The van der Waals surface area contributed by atoms with Crippen LogP contribution in [0, 0.1) is 13.8 Å². The third-order valence-corrected chi connectivity index (χ3v) is 3.60. The number of aromatic nitrogens is 2. The van der Waals surface area contributed by atoms with E-state index in [0.29, 0.717) is 16.4 Å². The lowest BCUT2D eigenvalue weighted by atomic mass is 10.3. The Morgan fingerprint density at radius 2 is 2.25 bits per heavy atom. The molecule has 2 aromatic heterocycles. The maximum Gasteiger partial charge on any atom is 0.258 e. The normalized spacial score (nSPS) is 12.3. The highest BCUT2D eigenvalue weighted by molar-refractivity contribution is 7.19. The molecule has 1 N–H and O–H groups in total. The van der Waals surface area contributed by atoms with E-state index in [1.165, 1.54) is 21.8 Å². The molecule has 6 heteroatoms. The van der Waals surface area contributed by atoms with Gasteiger partial charge in [-0.05, 0) is 20.8 Å². The maximum atomic E-state index is 11.8. The predicted molar refractivity (Wildman–Crippen MR) is 62.8 cm³/mol. The van der Waals surface area contributed by atoms with Crippen LogP contribution in [0.4, 0.5) is 0 Å². The van der Waals surface area contributed by atoms with E-state index in [2.05, 4.69) is 10.1 Å². The van der Waals surface area contributed by atoms with E-state index in [-0.39, 0.29) is 5.56 Å². The summed E-state index contributed by atoms with van der Waals surface area (Å²) in [5.74, 6) is 0. The summed E-state index contributed by atoms with van der Waals surface area (Å²) >= 11 is 1.35. The molecule has 0 saturated carbocycles. The zero-order valence-electron chi connectivity index (χ0n) is 9.18. The number of thiazole rings is 1. The van der Waals surface area contributed by atoms with Gasteiger partial charge >= 0.3 is 0 Å². The summed E-state index contributed by atoms with van der Waals surface area (Å²) < 4.78 is 1.53. The Hall–Kier alpha value is -1.69.